The number of benzene rings is 2. The van der Waals surface area contributed by atoms with Crippen molar-refractivity contribution in [2.45, 2.75) is 18.9 Å². The molecular formula is C17H17I2NO2. The van der Waals surface area contributed by atoms with Crippen molar-refractivity contribution in [3.8, 4) is 11.5 Å². The molecule has 3 rings (SSSR count). The van der Waals surface area contributed by atoms with Crippen molar-refractivity contribution >= 4 is 45.2 Å². The Hall–Kier alpha value is -0.540. The van der Waals surface area contributed by atoms with E-state index in [1.54, 1.807) is 13.2 Å². The van der Waals surface area contributed by atoms with Crippen molar-refractivity contribution in [3.05, 3.63) is 54.2 Å². The zero-order chi connectivity index (χ0) is 15.7. The second kappa shape index (κ2) is 6.92. The van der Waals surface area contributed by atoms with Crippen LogP contribution in [-0.2, 0) is 12.8 Å². The summed E-state index contributed by atoms with van der Waals surface area (Å²) in [7, 11) is 1.71. The molecule has 0 saturated carbocycles. The van der Waals surface area contributed by atoms with Crippen LogP contribution in [0.3, 0.4) is 0 Å². The van der Waals surface area contributed by atoms with E-state index in [9.17, 15) is 5.11 Å². The third-order valence-corrected chi connectivity index (χ3v) is 5.59. The maximum absolute atomic E-state index is 9.66. The Morgan fingerprint density at radius 2 is 1.95 bits per heavy atom. The van der Waals surface area contributed by atoms with Crippen LogP contribution in [0.5, 0.6) is 11.5 Å². The van der Waals surface area contributed by atoms with Gasteiger partial charge in [0.1, 0.15) is 11.5 Å². The molecule has 0 aromatic heterocycles. The summed E-state index contributed by atoms with van der Waals surface area (Å²) in [5, 5.41) is 13.3. The van der Waals surface area contributed by atoms with Gasteiger partial charge >= 0.3 is 0 Å². The lowest BCUT2D eigenvalue weighted by Gasteiger charge is -2.27. The lowest BCUT2D eigenvalue weighted by atomic mass is 9.90. The number of hydrogen-bond acceptors (Lipinski definition) is 3. The molecule has 0 spiro atoms. The highest BCUT2D eigenvalue weighted by Gasteiger charge is 2.21. The molecule has 3 nitrogen and oxygen atoms in total. The van der Waals surface area contributed by atoms with Gasteiger partial charge in [-0.25, -0.2) is 0 Å². The van der Waals surface area contributed by atoms with Crippen molar-refractivity contribution in [2.24, 2.45) is 0 Å². The smallest absolute Gasteiger partial charge is 0.145 e. The Kier molecular flexibility index (Phi) is 5.13. The minimum atomic E-state index is 0.296. The summed E-state index contributed by atoms with van der Waals surface area (Å²) in [6.45, 7) is 0.950. The van der Waals surface area contributed by atoms with Gasteiger partial charge < -0.3 is 15.2 Å². The molecule has 0 fully saturated rings. The van der Waals surface area contributed by atoms with Gasteiger partial charge in [-0.3, -0.25) is 0 Å². The number of nitrogens with one attached hydrogen (secondary N) is 1. The molecule has 2 aromatic rings. The van der Waals surface area contributed by atoms with E-state index in [1.165, 1.54) is 16.7 Å². The highest BCUT2D eigenvalue weighted by Crippen LogP contribution is 2.32. The number of ether oxygens (including phenoxy) is 1. The predicted octanol–water partition coefficient (Wildman–Crippen LogP) is 4.04. The predicted molar refractivity (Wildman–Crippen MR) is 105 cm³/mol. The Labute approximate surface area is 157 Å². The first-order valence-corrected chi connectivity index (χ1v) is 9.31. The molecule has 0 saturated heterocycles. The number of fused-ring (bicyclic) bond motifs is 1. The zero-order valence-electron chi connectivity index (χ0n) is 12.2. The van der Waals surface area contributed by atoms with Gasteiger partial charge in [0.05, 0.1) is 14.3 Å². The number of aromatic hydroxyl groups is 1. The van der Waals surface area contributed by atoms with Gasteiger partial charge in [-0.2, -0.15) is 0 Å². The van der Waals surface area contributed by atoms with Crippen LogP contribution in [0.15, 0.2) is 30.3 Å². The summed E-state index contributed by atoms with van der Waals surface area (Å²) in [6, 6.07) is 10.4. The first kappa shape index (κ1) is 16.3. The van der Waals surface area contributed by atoms with Crippen LogP contribution < -0.4 is 10.1 Å². The van der Waals surface area contributed by atoms with Crippen molar-refractivity contribution in [3.63, 3.8) is 0 Å². The van der Waals surface area contributed by atoms with E-state index in [4.69, 9.17) is 4.74 Å². The topological polar surface area (TPSA) is 41.5 Å². The van der Waals surface area contributed by atoms with Gasteiger partial charge in [0.15, 0.2) is 0 Å². The van der Waals surface area contributed by atoms with Gasteiger partial charge in [0.2, 0.25) is 0 Å². The molecule has 0 aliphatic carbocycles. The SMILES string of the molecule is COc1c(I)cc(C[C@@H]2NCCc3cc(O)ccc32)cc1I. The lowest BCUT2D eigenvalue weighted by molar-refractivity contribution is 0.408. The summed E-state index contributed by atoms with van der Waals surface area (Å²) in [5.74, 6) is 1.31. The summed E-state index contributed by atoms with van der Waals surface area (Å²) in [4.78, 5) is 0. The van der Waals surface area contributed by atoms with E-state index < -0.39 is 0 Å². The van der Waals surface area contributed by atoms with Crippen LogP contribution in [0.2, 0.25) is 0 Å². The van der Waals surface area contributed by atoms with Gasteiger partial charge in [-0.15, -0.1) is 0 Å². The van der Waals surface area contributed by atoms with Crippen LogP contribution in [0.25, 0.3) is 0 Å². The molecular weight excluding hydrogens is 504 g/mol. The van der Waals surface area contributed by atoms with Crippen molar-refractivity contribution in [1.82, 2.24) is 5.32 Å². The second-order valence-electron chi connectivity index (χ2n) is 5.44. The molecule has 5 heteroatoms. The summed E-state index contributed by atoms with van der Waals surface area (Å²) < 4.78 is 7.72. The third-order valence-electron chi connectivity index (χ3n) is 3.99. The fourth-order valence-corrected chi connectivity index (χ4v) is 5.32. The quantitative estimate of drug-likeness (QED) is 0.600. The van der Waals surface area contributed by atoms with Crippen LogP contribution >= 0.6 is 45.2 Å². The molecule has 0 radical (unpaired) electrons. The fraction of sp³-hybridized carbons (Fsp3) is 0.294. The van der Waals surface area contributed by atoms with E-state index in [-0.39, 0.29) is 0 Å². The van der Waals surface area contributed by atoms with Crippen LogP contribution in [-0.4, -0.2) is 18.8 Å². The van der Waals surface area contributed by atoms with E-state index in [2.05, 4.69) is 62.6 Å². The normalized spacial score (nSPS) is 17.1. The Bertz CT molecular complexity index is 680. The first-order chi connectivity index (χ1) is 10.6. The molecule has 1 heterocycles. The fourth-order valence-electron chi connectivity index (χ4n) is 2.98. The molecule has 2 aromatic carbocycles. The van der Waals surface area contributed by atoms with Crippen molar-refractivity contribution < 1.29 is 9.84 Å². The molecule has 0 bridgehead atoms. The molecule has 0 amide bonds. The van der Waals surface area contributed by atoms with Crippen LogP contribution in [0.1, 0.15) is 22.7 Å². The van der Waals surface area contributed by atoms with Gasteiger partial charge in [0.25, 0.3) is 0 Å². The number of phenolic OH excluding ortho intramolecular Hbond substituents is 1. The number of rotatable bonds is 3. The number of hydrogen-bond donors (Lipinski definition) is 2. The van der Waals surface area contributed by atoms with Gasteiger partial charge in [0, 0.05) is 6.04 Å². The zero-order valence-corrected chi connectivity index (χ0v) is 16.5. The average molecular weight is 521 g/mol. The van der Waals surface area contributed by atoms with E-state index in [0.29, 0.717) is 11.8 Å². The van der Waals surface area contributed by atoms with E-state index in [1.807, 2.05) is 12.1 Å². The van der Waals surface area contributed by atoms with Crippen LogP contribution in [0.4, 0.5) is 0 Å². The highest BCUT2D eigenvalue weighted by atomic mass is 127. The number of methoxy groups -OCH3 is 1. The molecule has 22 heavy (non-hydrogen) atoms. The Balaban J connectivity index is 1.89. The van der Waals surface area contributed by atoms with E-state index in [0.717, 1.165) is 32.3 Å². The summed E-state index contributed by atoms with van der Waals surface area (Å²) >= 11 is 4.65. The molecule has 1 atom stereocenters. The maximum Gasteiger partial charge on any atom is 0.145 e. The standard InChI is InChI=1S/C17H17I2NO2/c1-22-17-14(18)6-10(7-15(17)19)8-16-13-3-2-12(21)9-11(13)4-5-20-16/h2-3,6-7,9,16,20-21H,4-5,8H2,1H3/t16-/m0/s1. The Morgan fingerprint density at radius 1 is 1.23 bits per heavy atom. The van der Waals surface area contributed by atoms with Gasteiger partial charge in [-0.05, 0) is 106 Å². The van der Waals surface area contributed by atoms with Crippen molar-refractivity contribution in [2.75, 3.05) is 13.7 Å². The third kappa shape index (κ3) is 3.35. The molecule has 1 aliphatic heterocycles. The maximum atomic E-state index is 9.66. The monoisotopic (exact) mass is 521 g/mol. The molecule has 1 aliphatic rings. The minimum Gasteiger partial charge on any atom is -0.508 e. The summed E-state index contributed by atoms with van der Waals surface area (Å²) in [5.41, 5.74) is 3.85. The number of phenols is 1. The number of halogens is 2. The average Bonchev–Trinajstić information content (AvgIpc) is 2.47. The van der Waals surface area contributed by atoms with Crippen molar-refractivity contribution in [1.29, 1.82) is 0 Å². The van der Waals surface area contributed by atoms with Gasteiger partial charge in [-0.1, -0.05) is 6.07 Å². The molecule has 116 valence electrons. The summed E-state index contributed by atoms with van der Waals surface area (Å²) in [6.07, 6.45) is 1.91. The minimum absolute atomic E-state index is 0.296. The lowest BCUT2D eigenvalue weighted by Crippen LogP contribution is -2.31. The second-order valence-corrected chi connectivity index (χ2v) is 7.76. The van der Waals surface area contributed by atoms with Crippen LogP contribution in [0, 0.1) is 7.14 Å². The molecule has 2 N–H and O–H groups in total. The largest absolute Gasteiger partial charge is 0.508 e. The highest BCUT2D eigenvalue weighted by molar-refractivity contribution is 14.1. The molecule has 0 unspecified atom stereocenters. The van der Waals surface area contributed by atoms with E-state index >= 15 is 0 Å². The first-order valence-electron chi connectivity index (χ1n) is 7.15. The Morgan fingerprint density at radius 3 is 2.64 bits per heavy atom.